The van der Waals surface area contributed by atoms with Gasteiger partial charge in [0.25, 0.3) is 0 Å². The summed E-state index contributed by atoms with van der Waals surface area (Å²) in [6.45, 7) is 2.98. The highest BCUT2D eigenvalue weighted by atomic mass is 32.1. The number of nitrogens with zero attached hydrogens (tertiary/aromatic N) is 1. The predicted octanol–water partition coefficient (Wildman–Crippen LogP) is 3.86. The van der Waals surface area contributed by atoms with Crippen LogP contribution in [0, 0.1) is 0 Å². The van der Waals surface area contributed by atoms with Crippen molar-refractivity contribution in [3.05, 3.63) is 22.4 Å². The molecule has 2 nitrogen and oxygen atoms in total. The second-order valence-electron chi connectivity index (χ2n) is 5.05. The van der Waals surface area contributed by atoms with Gasteiger partial charge in [-0.3, -0.25) is 4.79 Å². The summed E-state index contributed by atoms with van der Waals surface area (Å²) in [5, 5.41) is 2.11. The molecule has 1 heterocycles. The Bertz CT molecular complexity index is 355. The highest BCUT2D eigenvalue weighted by molar-refractivity contribution is 7.09. The fraction of sp³-hybridized carbons (Fsp3) is 0.667. The van der Waals surface area contributed by atoms with Gasteiger partial charge >= 0.3 is 0 Å². The van der Waals surface area contributed by atoms with Crippen LogP contribution in [0.3, 0.4) is 0 Å². The van der Waals surface area contributed by atoms with E-state index in [0.29, 0.717) is 18.4 Å². The van der Waals surface area contributed by atoms with Crippen LogP contribution < -0.4 is 0 Å². The SMILES string of the molecule is CCN(C(=O)CCCc1cccs1)C1CCCC1. The van der Waals surface area contributed by atoms with Crippen molar-refractivity contribution in [2.24, 2.45) is 0 Å². The van der Waals surface area contributed by atoms with Crippen molar-refractivity contribution in [1.29, 1.82) is 0 Å². The molecule has 0 spiro atoms. The van der Waals surface area contributed by atoms with Crippen molar-refractivity contribution in [3.63, 3.8) is 0 Å². The maximum Gasteiger partial charge on any atom is 0.222 e. The van der Waals surface area contributed by atoms with Crippen LogP contribution in [0.25, 0.3) is 0 Å². The summed E-state index contributed by atoms with van der Waals surface area (Å²) in [4.78, 5) is 15.7. The summed E-state index contributed by atoms with van der Waals surface area (Å²) in [6, 6.07) is 4.77. The molecule has 1 aromatic heterocycles. The lowest BCUT2D eigenvalue weighted by Crippen LogP contribution is -2.38. The summed E-state index contributed by atoms with van der Waals surface area (Å²) in [7, 11) is 0. The van der Waals surface area contributed by atoms with Gasteiger partial charge in [-0.15, -0.1) is 11.3 Å². The average Bonchev–Trinajstić information content (AvgIpc) is 3.02. The summed E-state index contributed by atoms with van der Waals surface area (Å²) < 4.78 is 0. The molecular weight excluding hydrogens is 242 g/mol. The molecule has 0 unspecified atom stereocenters. The van der Waals surface area contributed by atoms with E-state index in [1.165, 1.54) is 30.6 Å². The summed E-state index contributed by atoms with van der Waals surface area (Å²) in [5.74, 6) is 0.362. The van der Waals surface area contributed by atoms with Crippen molar-refractivity contribution in [3.8, 4) is 0 Å². The molecule has 0 aromatic carbocycles. The van der Waals surface area contributed by atoms with E-state index in [-0.39, 0.29) is 0 Å². The minimum Gasteiger partial charge on any atom is -0.340 e. The quantitative estimate of drug-likeness (QED) is 0.765. The van der Waals surface area contributed by atoms with E-state index in [2.05, 4.69) is 29.3 Å². The van der Waals surface area contributed by atoms with Gasteiger partial charge in [-0.2, -0.15) is 0 Å². The van der Waals surface area contributed by atoms with Gasteiger partial charge in [-0.05, 0) is 44.1 Å². The maximum absolute atomic E-state index is 12.2. The van der Waals surface area contributed by atoms with Gasteiger partial charge in [0.15, 0.2) is 0 Å². The molecule has 3 heteroatoms. The highest BCUT2D eigenvalue weighted by Gasteiger charge is 2.24. The van der Waals surface area contributed by atoms with E-state index < -0.39 is 0 Å². The molecule has 1 saturated carbocycles. The molecule has 1 fully saturated rings. The smallest absolute Gasteiger partial charge is 0.222 e. The van der Waals surface area contributed by atoms with Gasteiger partial charge in [-0.1, -0.05) is 18.9 Å². The Balaban J connectivity index is 1.75. The van der Waals surface area contributed by atoms with Crippen LogP contribution in [0.5, 0.6) is 0 Å². The number of amides is 1. The first kappa shape index (κ1) is 13.6. The molecule has 0 bridgehead atoms. The van der Waals surface area contributed by atoms with Crippen molar-refractivity contribution < 1.29 is 4.79 Å². The topological polar surface area (TPSA) is 20.3 Å². The lowest BCUT2D eigenvalue weighted by molar-refractivity contribution is -0.133. The largest absolute Gasteiger partial charge is 0.340 e. The molecule has 100 valence electrons. The molecule has 1 amide bonds. The standard InChI is InChI=1S/C15H23NOS/c1-2-16(13-7-3-4-8-13)15(17)11-5-9-14-10-6-12-18-14/h6,10,12-13H,2-5,7-9,11H2,1H3. The fourth-order valence-corrected chi connectivity index (χ4v) is 3.62. The first-order valence-corrected chi connectivity index (χ1v) is 8.01. The summed E-state index contributed by atoms with van der Waals surface area (Å²) >= 11 is 1.79. The third kappa shape index (κ3) is 3.58. The number of hydrogen-bond donors (Lipinski definition) is 0. The first-order valence-electron chi connectivity index (χ1n) is 7.13. The molecule has 1 aromatic rings. The zero-order valence-electron chi connectivity index (χ0n) is 11.2. The van der Waals surface area contributed by atoms with E-state index in [4.69, 9.17) is 0 Å². The zero-order chi connectivity index (χ0) is 12.8. The fourth-order valence-electron chi connectivity index (χ4n) is 2.87. The van der Waals surface area contributed by atoms with Gasteiger partial charge < -0.3 is 4.90 Å². The molecular formula is C15H23NOS. The number of aryl methyl sites for hydroxylation is 1. The van der Waals surface area contributed by atoms with E-state index in [0.717, 1.165) is 19.4 Å². The monoisotopic (exact) mass is 265 g/mol. The van der Waals surface area contributed by atoms with Crippen molar-refractivity contribution in [1.82, 2.24) is 4.90 Å². The number of carbonyl (C=O) groups is 1. The van der Waals surface area contributed by atoms with E-state index in [1.807, 2.05) is 0 Å². The Morgan fingerprint density at radius 1 is 1.44 bits per heavy atom. The lowest BCUT2D eigenvalue weighted by Gasteiger charge is -2.27. The average molecular weight is 265 g/mol. The van der Waals surface area contributed by atoms with Crippen molar-refractivity contribution in [2.75, 3.05) is 6.54 Å². The Morgan fingerprint density at radius 2 is 2.22 bits per heavy atom. The Kier molecular flexibility index (Phi) is 5.24. The summed E-state index contributed by atoms with van der Waals surface area (Å²) in [5.41, 5.74) is 0. The highest BCUT2D eigenvalue weighted by Crippen LogP contribution is 2.24. The second kappa shape index (κ2) is 6.93. The van der Waals surface area contributed by atoms with Crippen LogP contribution in [-0.4, -0.2) is 23.4 Å². The second-order valence-corrected chi connectivity index (χ2v) is 6.08. The summed E-state index contributed by atoms with van der Waals surface area (Å²) in [6.07, 6.45) is 7.76. The van der Waals surface area contributed by atoms with Crippen LogP contribution in [0.1, 0.15) is 50.3 Å². The van der Waals surface area contributed by atoms with Gasteiger partial charge in [0, 0.05) is 23.9 Å². The van der Waals surface area contributed by atoms with Crippen LogP contribution in [0.15, 0.2) is 17.5 Å². The van der Waals surface area contributed by atoms with Gasteiger partial charge in [0.2, 0.25) is 5.91 Å². The third-order valence-corrected chi connectivity index (χ3v) is 4.76. The van der Waals surface area contributed by atoms with Crippen molar-refractivity contribution in [2.45, 2.75) is 57.9 Å². The number of hydrogen-bond acceptors (Lipinski definition) is 2. The maximum atomic E-state index is 12.2. The van der Waals surface area contributed by atoms with Crippen LogP contribution in [-0.2, 0) is 11.2 Å². The lowest BCUT2D eigenvalue weighted by atomic mass is 10.1. The molecule has 1 aliphatic carbocycles. The van der Waals surface area contributed by atoms with Crippen molar-refractivity contribution >= 4 is 17.2 Å². The minimum absolute atomic E-state index is 0.362. The first-order chi connectivity index (χ1) is 8.81. The van der Waals surface area contributed by atoms with Gasteiger partial charge in [0.1, 0.15) is 0 Å². The molecule has 0 saturated heterocycles. The number of carbonyl (C=O) groups excluding carboxylic acids is 1. The van der Waals surface area contributed by atoms with E-state index in [9.17, 15) is 4.79 Å². The number of thiophene rings is 1. The predicted molar refractivity (Wildman–Crippen MR) is 76.9 cm³/mol. The molecule has 1 aliphatic rings. The van der Waals surface area contributed by atoms with E-state index >= 15 is 0 Å². The number of rotatable bonds is 6. The Hall–Kier alpha value is -0.830. The molecule has 0 atom stereocenters. The minimum atomic E-state index is 0.362. The van der Waals surface area contributed by atoms with Gasteiger partial charge in [0.05, 0.1) is 0 Å². The van der Waals surface area contributed by atoms with E-state index in [1.54, 1.807) is 11.3 Å². The third-order valence-electron chi connectivity index (χ3n) is 3.82. The molecule has 0 aliphatic heterocycles. The van der Waals surface area contributed by atoms with Gasteiger partial charge in [-0.25, -0.2) is 0 Å². The van der Waals surface area contributed by atoms with Crippen LogP contribution in [0.4, 0.5) is 0 Å². The molecule has 0 radical (unpaired) electrons. The van der Waals surface area contributed by atoms with Crippen LogP contribution in [0.2, 0.25) is 0 Å². The van der Waals surface area contributed by atoms with Crippen LogP contribution >= 0.6 is 11.3 Å². The zero-order valence-corrected chi connectivity index (χ0v) is 12.0. The normalized spacial score (nSPS) is 16.1. The molecule has 18 heavy (non-hydrogen) atoms. The Morgan fingerprint density at radius 3 is 2.83 bits per heavy atom. The molecule has 2 rings (SSSR count). The molecule has 0 N–H and O–H groups in total. The Labute approximate surface area is 114 Å².